The highest BCUT2D eigenvalue weighted by Crippen LogP contribution is 2.59. The molecular formula is C32H31F3N6O4. The molecule has 2 aliphatic rings. The maximum absolute atomic E-state index is 13.9. The van der Waals surface area contributed by atoms with Crippen LogP contribution in [-0.2, 0) is 28.9 Å². The number of hydrogen-bond acceptors (Lipinski definition) is 7. The summed E-state index contributed by atoms with van der Waals surface area (Å²) < 4.78 is 41.6. The van der Waals surface area contributed by atoms with Crippen LogP contribution in [0.15, 0.2) is 42.9 Å². The zero-order valence-electron chi connectivity index (χ0n) is 25.1. The molecule has 6 rings (SSSR count). The summed E-state index contributed by atoms with van der Waals surface area (Å²) in [4.78, 5) is 53.6. The zero-order valence-corrected chi connectivity index (χ0v) is 25.1. The van der Waals surface area contributed by atoms with E-state index in [1.54, 1.807) is 35.0 Å². The Morgan fingerprint density at radius 1 is 1.07 bits per heavy atom. The quantitative estimate of drug-likeness (QED) is 0.283. The van der Waals surface area contributed by atoms with E-state index in [0.717, 1.165) is 17.2 Å². The Balaban J connectivity index is 1.30. The highest BCUT2D eigenvalue weighted by molar-refractivity contribution is 6.09. The van der Waals surface area contributed by atoms with E-state index in [2.05, 4.69) is 20.3 Å². The molecule has 45 heavy (non-hydrogen) atoms. The fourth-order valence-electron chi connectivity index (χ4n) is 6.41. The van der Waals surface area contributed by atoms with Crippen LogP contribution in [0.5, 0.6) is 0 Å². The Morgan fingerprint density at radius 2 is 1.78 bits per heavy atom. The van der Waals surface area contributed by atoms with Crippen molar-refractivity contribution in [3.05, 3.63) is 71.1 Å². The molecule has 3 aromatic heterocycles. The van der Waals surface area contributed by atoms with Crippen LogP contribution in [0, 0.1) is 19.3 Å². The summed E-state index contributed by atoms with van der Waals surface area (Å²) in [7, 11) is 0. The summed E-state index contributed by atoms with van der Waals surface area (Å²) in [5.74, 6) is -1.03. The second-order valence-electron chi connectivity index (χ2n) is 12.2. The molecule has 234 valence electrons. The predicted octanol–water partition coefficient (Wildman–Crippen LogP) is 4.84. The van der Waals surface area contributed by atoms with Gasteiger partial charge in [0.25, 0.3) is 0 Å². The van der Waals surface area contributed by atoms with Gasteiger partial charge in [-0.05, 0) is 73.9 Å². The number of rotatable bonds is 7. The van der Waals surface area contributed by atoms with E-state index in [1.807, 2.05) is 26.0 Å². The van der Waals surface area contributed by atoms with E-state index < -0.39 is 23.8 Å². The van der Waals surface area contributed by atoms with Gasteiger partial charge in [-0.1, -0.05) is 13.0 Å². The SMILES string of the molecule is CC(=O)c1cn(CC(=O)N2[C@H](C(=O)Nc3nc(C(F)(F)F)ccc3C)C[C@@]3(C)C[C@@H]23)c2c(C)cc(-c3cnc(CO)nc3)cc12. The molecule has 0 bridgehead atoms. The van der Waals surface area contributed by atoms with Gasteiger partial charge in [-0.2, -0.15) is 13.2 Å². The predicted molar refractivity (Wildman–Crippen MR) is 158 cm³/mol. The molecular weight excluding hydrogens is 589 g/mol. The Labute approximate surface area is 256 Å². The van der Waals surface area contributed by atoms with Gasteiger partial charge in [0.1, 0.15) is 30.7 Å². The normalized spacial score (nSPS) is 20.8. The molecule has 4 heterocycles. The molecule has 1 saturated carbocycles. The number of nitrogens with one attached hydrogen (secondary N) is 1. The number of alkyl halides is 3. The van der Waals surface area contributed by atoms with Crippen LogP contribution in [0.2, 0.25) is 0 Å². The minimum absolute atomic E-state index is 0.143. The summed E-state index contributed by atoms with van der Waals surface area (Å²) in [5.41, 5.74) is 2.35. The molecule has 4 aromatic rings. The first kappa shape index (κ1) is 30.4. The average Bonchev–Trinajstić information content (AvgIpc) is 3.33. The largest absolute Gasteiger partial charge is 0.433 e. The first-order valence-corrected chi connectivity index (χ1v) is 14.4. The minimum atomic E-state index is -4.67. The summed E-state index contributed by atoms with van der Waals surface area (Å²) in [5, 5.41) is 12.5. The number of aryl methyl sites for hydroxylation is 2. The Hall–Kier alpha value is -4.65. The van der Waals surface area contributed by atoms with Crippen LogP contribution in [0.3, 0.4) is 0 Å². The average molecular weight is 621 g/mol. The molecule has 0 radical (unpaired) electrons. The van der Waals surface area contributed by atoms with Crippen molar-refractivity contribution in [3.63, 3.8) is 0 Å². The van der Waals surface area contributed by atoms with Crippen molar-refractivity contribution in [3.8, 4) is 11.1 Å². The van der Waals surface area contributed by atoms with Crippen molar-refractivity contribution in [1.82, 2.24) is 24.4 Å². The Bertz CT molecular complexity index is 1870. The van der Waals surface area contributed by atoms with Gasteiger partial charge in [0.05, 0.1) is 5.52 Å². The molecule has 1 aliphatic carbocycles. The first-order chi connectivity index (χ1) is 21.2. The van der Waals surface area contributed by atoms with Gasteiger partial charge in [-0.3, -0.25) is 14.4 Å². The maximum Gasteiger partial charge on any atom is 0.433 e. The molecule has 2 fully saturated rings. The van der Waals surface area contributed by atoms with E-state index in [-0.39, 0.29) is 47.9 Å². The van der Waals surface area contributed by atoms with Crippen LogP contribution in [0.1, 0.15) is 59.7 Å². The van der Waals surface area contributed by atoms with Gasteiger partial charge >= 0.3 is 6.18 Å². The monoisotopic (exact) mass is 620 g/mol. The third kappa shape index (κ3) is 5.45. The fourth-order valence-corrected chi connectivity index (χ4v) is 6.41. The molecule has 10 nitrogen and oxygen atoms in total. The lowest BCUT2D eigenvalue weighted by atomic mass is 10.0. The number of carbonyl (C=O) groups excluding carboxylic acids is 3. The Morgan fingerprint density at radius 3 is 2.42 bits per heavy atom. The lowest BCUT2D eigenvalue weighted by Crippen LogP contribution is -2.46. The number of Topliss-reactive ketones (excluding diaryl/α,β-unsaturated/α-hetero) is 1. The van der Waals surface area contributed by atoms with E-state index in [9.17, 15) is 32.7 Å². The number of carbonyl (C=O) groups is 3. The number of nitrogens with zero attached hydrogens (tertiary/aromatic N) is 5. The molecule has 2 amide bonds. The number of halogens is 3. The summed E-state index contributed by atoms with van der Waals surface area (Å²) in [6.07, 6.45) is 1.24. The zero-order chi connectivity index (χ0) is 32.4. The number of amides is 2. The number of hydrogen-bond donors (Lipinski definition) is 2. The maximum atomic E-state index is 13.9. The molecule has 0 unspecified atom stereocenters. The highest BCUT2D eigenvalue weighted by atomic mass is 19.4. The summed E-state index contributed by atoms with van der Waals surface area (Å²) >= 11 is 0. The number of piperidine rings is 1. The van der Waals surface area contributed by atoms with E-state index in [4.69, 9.17) is 0 Å². The lowest BCUT2D eigenvalue weighted by Gasteiger charge is -2.27. The number of ketones is 1. The minimum Gasteiger partial charge on any atom is -0.388 e. The van der Waals surface area contributed by atoms with Crippen molar-refractivity contribution >= 4 is 34.3 Å². The molecule has 3 atom stereocenters. The van der Waals surface area contributed by atoms with E-state index in [0.29, 0.717) is 40.4 Å². The first-order valence-electron chi connectivity index (χ1n) is 14.4. The van der Waals surface area contributed by atoms with Crippen molar-refractivity contribution < 1.29 is 32.7 Å². The molecule has 2 N–H and O–H groups in total. The fraction of sp³-hybridized carbons (Fsp3) is 0.375. The number of pyridine rings is 1. The van der Waals surface area contributed by atoms with Gasteiger partial charge in [0.2, 0.25) is 11.8 Å². The second-order valence-corrected chi connectivity index (χ2v) is 12.2. The second kappa shape index (κ2) is 10.8. The third-order valence-corrected chi connectivity index (χ3v) is 8.88. The van der Waals surface area contributed by atoms with E-state index in [1.165, 1.54) is 13.0 Å². The van der Waals surface area contributed by atoms with Crippen molar-refractivity contribution in [2.75, 3.05) is 5.32 Å². The van der Waals surface area contributed by atoms with E-state index >= 15 is 0 Å². The number of aromatic nitrogens is 4. The topological polar surface area (TPSA) is 130 Å². The van der Waals surface area contributed by atoms with Crippen molar-refractivity contribution in [2.45, 2.75) is 71.9 Å². The van der Waals surface area contributed by atoms with Crippen molar-refractivity contribution in [2.24, 2.45) is 5.41 Å². The number of aliphatic hydroxyl groups is 1. The van der Waals surface area contributed by atoms with Gasteiger partial charge < -0.3 is 19.9 Å². The summed E-state index contributed by atoms with van der Waals surface area (Å²) in [6.45, 7) is 6.42. The number of fused-ring (bicyclic) bond motifs is 2. The smallest absolute Gasteiger partial charge is 0.388 e. The van der Waals surface area contributed by atoms with Gasteiger partial charge in [0, 0.05) is 41.1 Å². The molecule has 13 heteroatoms. The molecule has 0 spiro atoms. The van der Waals surface area contributed by atoms with Gasteiger partial charge in [-0.15, -0.1) is 0 Å². The van der Waals surface area contributed by atoms with Crippen LogP contribution in [-0.4, -0.2) is 59.2 Å². The molecule has 1 aromatic carbocycles. The number of benzene rings is 1. The van der Waals surface area contributed by atoms with Gasteiger partial charge in [0.15, 0.2) is 11.6 Å². The number of likely N-dealkylation sites (tertiary alicyclic amines) is 1. The summed E-state index contributed by atoms with van der Waals surface area (Å²) in [6, 6.07) is 4.77. The third-order valence-electron chi connectivity index (χ3n) is 8.88. The highest BCUT2D eigenvalue weighted by Gasteiger charge is 2.64. The lowest BCUT2D eigenvalue weighted by molar-refractivity contribution is -0.141. The Kier molecular flexibility index (Phi) is 7.26. The number of anilines is 1. The van der Waals surface area contributed by atoms with Crippen LogP contribution < -0.4 is 5.32 Å². The van der Waals surface area contributed by atoms with Gasteiger partial charge in [-0.25, -0.2) is 15.0 Å². The van der Waals surface area contributed by atoms with Crippen LogP contribution in [0.4, 0.5) is 19.0 Å². The standard InChI is InChI=1S/C32H31F3N6O4/c1-16-5-6-24(32(33,34)35)38-29(16)39-30(45)23-9-31(4)10-25(31)41(23)27(44)14-40-13-22(18(3)43)21-8-19(7-17(2)28(21)40)20-11-36-26(15-42)37-12-20/h5-8,11-13,23,25,42H,9-10,14-15H2,1-4H3,(H,38,39,45)/t23-,25+,31-/m0/s1. The van der Waals surface area contributed by atoms with Crippen molar-refractivity contribution in [1.29, 1.82) is 0 Å². The van der Waals surface area contributed by atoms with Crippen LogP contribution in [0.25, 0.3) is 22.0 Å². The van der Waals surface area contributed by atoms with Crippen LogP contribution >= 0.6 is 0 Å². The molecule has 1 saturated heterocycles. The number of aliphatic hydroxyl groups excluding tert-OH is 1. The molecule has 1 aliphatic heterocycles.